The lowest BCUT2D eigenvalue weighted by molar-refractivity contribution is 0.414. The summed E-state index contributed by atoms with van der Waals surface area (Å²) in [4.78, 5) is 4.28. The summed E-state index contributed by atoms with van der Waals surface area (Å²) in [5.74, 6) is 1.52. The third kappa shape index (κ3) is 4.02. The highest BCUT2D eigenvalue weighted by molar-refractivity contribution is 5.82. The smallest absolute Gasteiger partial charge is 0.119 e. The molecule has 2 N–H and O–H groups in total. The van der Waals surface area contributed by atoms with Crippen LogP contribution in [0.2, 0.25) is 0 Å². The van der Waals surface area contributed by atoms with Crippen LogP contribution in [0.3, 0.4) is 0 Å². The van der Waals surface area contributed by atoms with Crippen molar-refractivity contribution in [3.63, 3.8) is 0 Å². The van der Waals surface area contributed by atoms with E-state index in [1.54, 1.807) is 7.11 Å². The molecule has 0 heterocycles. The molecule has 3 nitrogen and oxygen atoms in total. The standard InChI is InChI=1S/C12H18N2O/c1-9(2)14-12(13)8-10-5-4-6-11(7-10)15-3/h4-7,9H,8H2,1-3H3,(H2,13,14). The molecule has 3 heteroatoms. The highest BCUT2D eigenvalue weighted by Gasteiger charge is 1.99. The first-order valence-corrected chi connectivity index (χ1v) is 5.07. The van der Waals surface area contributed by atoms with Crippen LogP contribution in [0.15, 0.2) is 29.3 Å². The van der Waals surface area contributed by atoms with Crippen LogP contribution in [0.4, 0.5) is 0 Å². The Hall–Kier alpha value is -1.51. The van der Waals surface area contributed by atoms with Crippen LogP contribution in [-0.2, 0) is 6.42 Å². The zero-order valence-corrected chi connectivity index (χ0v) is 9.53. The number of rotatable bonds is 4. The second kappa shape index (κ2) is 5.39. The lowest BCUT2D eigenvalue weighted by Crippen LogP contribution is -2.17. The average Bonchev–Trinajstić information content (AvgIpc) is 2.16. The van der Waals surface area contributed by atoms with Crippen molar-refractivity contribution < 1.29 is 4.74 Å². The van der Waals surface area contributed by atoms with Crippen molar-refractivity contribution in [2.24, 2.45) is 10.7 Å². The second-order valence-electron chi connectivity index (χ2n) is 3.74. The predicted octanol–water partition coefficient (Wildman–Crippen LogP) is 2.00. The molecule has 0 radical (unpaired) electrons. The Morgan fingerprint density at radius 2 is 2.20 bits per heavy atom. The summed E-state index contributed by atoms with van der Waals surface area (Å²) in [5, 5.41) is 0. The summed E-state index contributed by atoms with van der Waals surface area (Å²) in [6, 6.07) is 8.11. The van der Waals surface area contributed by atoms with E-state index in [0.29, 0.717) is 12.3 Å². The molecule has 1 rings (SSSR count). The SMILES string of the molecule is COc1cccc(CC(N)=NC(C)C)c1. The molecule has 0 unspecified atom stereocenters. The molecule has 0 aliphatic rings. The molecular weight excluding hydrogens is 188 g/mol. The van der Waals surface area contributed by atoms with Gasteiger partial charge in [0.1, 0.15) is 5.75 Å². The predicted molar refractivity (Wildman–Crippen MR) is 63.5 cm³/mol. The largest absolute Gasteiger partial charge is 0.497 e. The van der Waals surface area contributed by atoms with Crippen molar-refractivity contribution in [1.29, 1.82) is 0 Å². The number of ether oxygens (including phenoxy) is 1. The topological polar surface area (TPSA) is 47.6 Å². The number of aliphatic imine (C=N–C) groups is 1. The van der Waals surface area contributed by atoms with Gasteiger partial charge in [0.05, 0.1) is 12.9 Å². The molecule has 0 atom stereocenters. The number of methoxy groups -OCH3 is 1. The van der Waals surface area contributed by atoms with E-state index < -0.39 is 0 Å². The van der Waals surface area contributed by atoms with Crippen LogP contribution in [0.1, 0.15) is 19.4 Å². The van der Waals surface area contributed by atoms with Gasteiger partial charge < -0.3 is 10.5 Å². The van der Waals surface area contributed by atoms with Crippen LogP contribution in [0, 0.1) is 0 Å². The maximum Gasteiger partial charge on any atom is 0.119 e. The molecule has 0 saturated heterocycles. The van der Waals surface area contributed by atoms with E-state index in [4.69, 9.17) is 10.5 Å². The van der Waals surface area contributed by atoms with Crippen LogP contribution >= 0.6 is 0 Å². The highest BCUT2D eigenvalue weighted by Crippen LogP contribution is 2.12. The molecule has 15 heavy (non-hydrogen) atoms. The molecule has 0 amide bonds. The van der Waals surface area contributed by atoms with E-state index in [2.05, 4.69) is 4.99 Å². The van der Waals surface area contributed by atoms with E-state index in [9.17, 15) is 0 Å². The van der Waals surface area contributed by atoms with Gasteiger partial charge in [0.15, 0.2) is 0 Å². The Balaban J connectivity index is 2.72. The summed E-state index contributed by atoms with van der Waals surface area (Å²) in [6.07, 6.45) is 0.676. The summed E-state index contributed by atoms with van der Waals surface area (Å²) in [7, 11) is 1.66. The lowest BCUT2D eigenvalue weighted by atomic mass is 10.1. The molecule has 82 valence electrons. The molecule has 0 aromatic heterocycles. The van der Waals surface area contributed by atoms with Gasteiger partial charge in [-0.1, -0.05) is 12.1 Å². The lowest BCUT2D eigenvalue weighted by Gasteiger charge is -2.05. The quantitative estimate of drug-likeness (QED) is 0.605. The number of nitrogens with two attached hydrogens (primary N) is 1. The molecule has 0 fully saturated rings. The molecule has 1 aromatic rings. The summed E-state index contributed by atoms with van der Waals surface area (Å²) >= 11 is 0. The second-order valence-corrected chi connectivity index (χ2v) is 3.74. The van der Waals surface area contributed by atoms with Gasteiger partial charge in [0.25, 0.3) is 0 Å². The van der Waals surface area contributed by atoms with Gasteiger partial charge in [-0.3, -0.25) is 4.99 Å². The fourth-order valence-electron chi connectivity index (χ4n) is 1.37. The fraction of sp³-hybridized carbons (Fsp3) is 0.417. The van der Waals surface area contributed by atoms with Crippen LogP contribution in [-0.4, -0.2) is 19.0 Å². The van der Waals surface area contributed by atoms with Crippen molar-refractivity contribution in [1.82, 2.24) is 0 Å². The minimum Gasteiger partial charge on any atom is -0.497 e. The average molecular weight is 206 g/mol. The molecule has 0 spiro atoms. The summed E-state index contributed by atoms with van der Waals surface area (Å²) < 4.78 is 5.14. The summed E-state index contributed by atoms with van der Waals surface area (Å²) in [5.41, 5.74) is 6.93. The Morgan fingerprint density at radius 3 is 2.80 bits per heavy atom. The molecule has 1 aromatic carbocycles. The van der Waals surface area contributed by atoms with Crippen molar-refractivity contribution in [3.05, 3.63) is 29.8 Å². The monoisotopic (exact) mass is 206 g/mol. The number of hydrogen-bond acceptors (Lipinski definition) is 2. The Bertz CT molecular complexity index is 345. The molecule has 0 aliphatic carbocycles. The van der Waals surface area contributed by atoms with Crippen LogP contribution < -0.4 is 10.5 Å². The van der Waals surface area contributed by atoms with Crippen molar-refractivity contribution in [2.75, 3.05) is 7.11 Å². The fourth-order valence-corrected chi connectivity index (χ4v) is 1.37. The molecule has 0 bridgehead atoms. The number of nitrogens with zero attached hydrogens (tertiary/aromatic N) is 1. The van der Waals surface area contributed by atoms with Gasteiger partial charge >= 0.3 is 0 Å². The van der Waals surface area contributed by atoms with Crippen molar-refractivity contribution in [3.8, 4) is 5.75 Å². The van der Waals surface area contributed by atoms with Gasteiger partial charge in [-0.25, -0.2) is 0 Å². The van der Waals surface area contributed by atoms with E-state index in [0.717, 1.165) is 11.3 Å². The van der Waals surface area contributed by atoms with Crippen molar-refractivity contribution >= 4 is 5.84 Å². The maximum atomic E-state index is 5.81. The van der Waals surface area contributed by atoms with Gasteiger partial charge in [-0.05, 0) is 31.5 Å². The van der Waals surface area contributed by atoms with Gasteiger partial charge in [0, 0.05) is 12.5 Å². The van der Waals surface area contributed by atoms with E-state index in [1.807, 2.05) is 38.1 Å². The zero-order chi connectivity index (χ0) is 11.3. The molecular formula is C12H18N2O. The van der Waals surface area contributed by atoms with Gasteiger partial charge in [-0.2, -0.15) is 0 Å². The molecule has 0 saturated carbocycles. The first-order valence-electron chi connectivity index (χ1n) is 5.07. The zero-order valence-electron chi connectivity index (χ0n) is 9.53. The van der Waals surface area contributed by atoms with Crippen LogP contribution in [0.5, 0.6) is 5.75 Å². The summed E-state index contributed by atoms with van der Waals surface area (Å²) in [6.45, 7) is 4.02. The van der Waals surface area contributed by atoms with Crippen LogP contribution in [0.25, 0.3) is 0 Å². The maximum absolute atomic E-state index is 5.81. The third-order valence-electron chi connectivity index (χ3n) is 1.94. The minimum absolute atomic E-state index is 0.246. The van der Waals surface area contributed by atoms with Gasteiger partial charge in [-0.15, -0.1) is 0 Å². The molecule has 0 aliphatic heterocycles. The Labute approximate surface area is 91.0 Å². The minimum atomic E-state index is 0.246. The normalized spacial score (nSPS) is 11.9. The number of benzene rings is 1. The Kier molecular flexibility index (Phi) is 4.16. The highest BCUT2D eigenvalue weighted by atomic mass is 16.5. The van der Waals surface area contributed by atoms with E-state index in [1.165, 1.54) is 0 Å². The van der Waals surface area contributed by atoms with Gasteiger partial charge in [0.2, 0.25) is 0 Å². The Morgan fingerprint density at radius 1 is 1.47 bits per heavy atom. The van der Waals surface area contributed by atoms with Crippen molar-refractivity contribution in [2.45, 2.75) is 26.3 Å². The first-order chi connectivity index (χ1) is 7.11. The number of hydrogen-bond donors (Lipinski definition) is 1. The van der Waals surface area contributed by atoms with E-state index >= 15 is 0 Å². The van der Waals surface area contributed by atoms with E-state index in [-0.39, 0.29) is 6.04 Å². The third-order valence-corrected chi connectivity index (χ3v) is 1.94. The first kappa shape index (κ1) is 11.6. The number of amidine groups is 1.